The smallest absolute Gasteiger partial charge is 0.232 e. The molecule has 5 nitrogen and oxygen atoms in total. The number of aliphatic hydroxyl groups excluding tert-OH is 1. The zero-order valence-corrected chi connectivity index (χ0v) is 11.6. The molecule has 0 saturated heterocycles. The minimum absolute atomic E-state index is 0.0184. The summed E-state index contributed by atoms with van der Waals surface area (Å²) in [6.07, 6.45) is 0.847. The van der Waals surface area contributed by atoms with Gasteiger partial charge in [-0.15, -0.1) is 0 Å². The Morgan fingerprint density at radius 2 is 2.11 bits per heavy atom. The van der Waals surface area contributed by atoms with E-state index in [9.17, 15) is 8.42 Å². The van der Waals surface area contributed by atoms with E-state index in [1.807, 2.05) is 0 Å². The maximum absolute atomic E-state index is 11.7. The number of methoxy groups -OCH3 is 1. The van der Waals surface area contributed by atoms with Gasteiger partial charge >= 0.3 is 0 Å². The van der Waals surface area contributed by atoms with Crippen LogP contribution in [0.2, 0.25) is 5.02 Å². The Morgan fingerprint density at radius 1 is 1.39 bits per heavy atom. The number of aliphatic hydroxyl groups is 1. The van der Waals surface area contributed by atoms with E-state index in [1.54, 1.807) is 12.1 Å². The number of rotatable bonds is 7. The molecule has 2 N–H and O–H groups in total. The first-order chi connectivity index (χ1) is 8.48. The first-order valence-electron chi connectivity index (χ1n) is 5.43. The zero-order valence-electron chi connectivity index (χ0n) is 10.0. The topological polar surface area (TPSA) is 75.6 Å². The monoisotopic (exact) mass is 293 g/mol. The second-order valence-electron chi connectivity index (χ2n) is 3.70. The first-order valence-corrected chi connectivity index (χ1v) is 7.46. The van der Waals surface area contributed by atoms with Crippen molar-refractivity contribution in [1.29, 1.82) is 0 Å². The normalized spacial score (nSPS) is 11.3. The number of ether oxygens (including phenoxy) is 1. The predicted molar refractivity (Wildman–Crippen MR) is 71.7 cm³/mol. The van der Waals surface area contributed by atoms with Crippen LogP contribution >= 0.6 is 11.6 Å². The van der Waals surface area contributed by atoms with Crippen LogP contribution in [0.5, 0.6) is 5.75 Å². The van der Waals surface area contributed by atoms with E-state index in [0.29, 0.717) is 29.3 Å². The molecular weight excluding hydrogens is 278 g/mol. The molecule has 0 aliphatic carbocycles. The van der Waals surface area contributed by atoms with Crippen molar-refractivity contribution in [1.82, 2.24) is 0 Å². The van der Waals surface area contributed by atoms with Crippen LogP contribution < -0.4 is 9.46 Å². The van der Waals surface area contributed by atoms with Crippen LogP contribution in [0.4, 0.5) is 5.69 Å². The molecule has 1 rings (SSSR count). The molecule has 18 heavy (non-hydrogen) atoms. The molecular formula is C11H16ClNO4S. The quantitative estimate of drug-likeness (QED) is 0.753. The van der Waals surface area contributed by atoms with Crippen LogP contribution in [0.3, 0.4) is 0 Å². The summed E-state index contributed by atoms with van der Waals surface area (Å²) in [5, 5.41) is 8.92. The molecule has 0 saturated carbocycles. The highest BCUT2D eigenvalue weighted by Gasteiger charge is 2.12. The van der Waals surface area contributed by atoms with Gasteiger partial charge in [0.1, 0.15) is 5.75 Å². The van der Waals surface area contributed by atoms with Gasteiger partial charge in [0.05, 0.1) is 23.6 Å². The number of nitrogens with one attached hydrogen (secondary N) is 1. The van der Waals surface area contributed by atoms with E-state index < -0.39 is 10.0 Å². The molecule has 0 bridgehead atoms. The molecule has 0 aliphatic heterocycles. The van der Waals surface area contributed by atoms with Gasteiger partial charge in [-0.2, -0.15) is 0 Å². The average Bonchev–Trinajstić information content (AvgIpc) is 2.32. The third-order valence-corrected chi connectivity index (χ3v) is 3.95. The number of anilines is 1. The molecule has 0 aliphatic rings. The fourth-order valence-electron chi connectivity index (χ4n) is 1.33. The maximum Gasteiger partial charge on any atom is 0.232 e. The molecule has 0 unspecified atom stereocenters. The standard InChI is InChI=1S/C11H16ClNO4S/c1-17-9-4-5-10(12)11(8-9)13-18(15,16)7-3-2-6-14/h4-5,8,13-14H,2-3,6-7H2,1H3. The van der Waals surface area contributed by atoms with E-state index in [1.165, 1.54) is 13.2 Å². The van der Waals surface area contributed by atoms with Crippen molar-refractivity contribution in [2.24, 2.45) is 0 Å². The maximum atomic E-state index is 11.7. The Kier molecular flexibility index (Phi) is 5.71. The van der Waals surface area contributed by atoms with Gasteiger partial charge in [-0.1, -0.05) is 11.6 Å². The van der Waals surface area contributed by atoms with Crippen LogP contribution in [0.25, 0.3) is 0 Å². The van der Waals surface area contributed by atoms with Crippen LogP contribution in [-0.4, -0.2) is 33.0 Å². The lowest BCUT2D eigenvalue weighted by Gasteiger charge is -2.10. The summed E-state index contributed by atoms with van der Waals surface area (Å²) in [5.41, 5.74) is 0.292. The molecule has 0 aromatic heterocycles. The van der Waals surface area contributed by atoms with E-state index in [0.717, 1.165) is 0 Å². The van der Waals surface area contributed by atoms with Gasteiger partial charge in [-0.25, -0.2) is 8.42 Å². The first kappa shape index (κ1) is 15.1. The van der Waals surface area contributed by atoms with Crippen molar-refractivity contribution in [3.8, 4) is 5.75 Å². The van der Waals surface area contributed by atoms with Crippen LogP contribution in [0.1, 0.15) is 12.8 Å². The van der Waals surface area contributed by atoms with Gasteiger partial charge in [0.25, 0.3) is 0 Å². The van der Waals surface area contributed by atoms with Gasteiger partial charge in [-0.3, -0.25) is 4.72 Å². The van der Waals surface area contributed by atoms with Crippen LogP contribution in [0, 0.1) is 0 Å². The molecule has 0 radical (unpaired) electrons. The van der Waals surface area contributed by atoms with Crippen molar-refractivity contribution in [3.05, 3.63) is 23.2 Å². The highest BCUT2D eigenvalue weighted by Crippen LogP contribution is 2.27. The number of unbranched alkanes of at least 4 members (excludes halogenated alkanes) is 1. The summed E-state index contributed by atoms with van der Waals surface area (Å²) in [5.74, 6) is 0.466. The van der Waals surface area contributed by atoms with Gasteiger partial charge < -0.3 is 9.84 Å². The fourth-order valence-corrected chi connectivity index (χ4v) is 2.74. The van der Waals surface area contributed by atoms with E-state index in [4.69, 9.17) is 21.4 Å². The van der Waals surface area contributed by atoms with Gasteiger partial charge in [-0.05, 0) is 25.0 Å². The summed E-state index contributed by atoms with van der Waals surface area (Å²) in [6, 6.07) is 4.73. The molecule has 0 atom stereocenters. The fraction of sp³-hybridized carbons (Fsp3) is 0.455. The van der Waals surface area contributed by atoms with Crippen LogP contribution in [-0.2, 0) is 10.0 Å². The highest BCUT2D eigenvalue weighted by molar-refractivity contribution is 7.92. The SMILES string of the molecule is COc1ccc(Cl)c(NS(=O)(=O)CCCCO)c1. The van der Waals surface area contributed by atoms with Crippen molar-refractivity contribution in [2.45, 2.75) is 12.8 Å². The Balaban J connectivity index is 2.76. The third-order valence-electron chi connectivity index (χ3n) is 2.26. The second-order valence-corrected chi connectivity index (χ2v) is 5.95. The molecule has 0 spiro atoms. The summed E-state index contributed by atoms with van der Waals surface area (Å²) in [6.45, 7) is -0.0184. The number of hydrogen-bond acceptors (Lipinski definition) is 4. The Labute approximate surface area is 112 Å². The van der Waals surface area contributed by atoms with E-state index >= 15 is 0 Å². The molecule has 0 fully saturated rings. The van der Waals surface area contributed by atoms with Gasteiger partial charge in [0, 0.05) is 12.7 Å². The van der Waals surface area contributed by atoms with Crippen molar-refractivity contribution in [3.63, 3.8) is 0 Å². The van der Waals surface area contributed by atoms with Crippen molar-refractivity contribution < 1.29 is 18.3 Å². The molecule has 0 heterocycles. The van der Waals surface area contributed by atoms with Gasteiger partial charge in [0.15, 0.2) is 0 Å². The largest absolute Gasteiger partial charge is 0.497 e. The molecule has 1 aromatic rings. The lowest BCUT2D eigenvalue weighted by atomic mass is 10.3. The number of hydrogen-bond donors (Lipinski definition) is 2. The summed E-state index contributed by atoms with van der Waals surface area (Å²) >= 11 is 5.90. The number of halogens is 1. The lowest BCUT2D eigenvalue weighted by Crippen LogP contribution is -2.17. The second kappa shape index (κ2) is 6.82. The number of benzene rings is 1. The average molecular weight is 294 g/mol. The van der Waals surface area contributed by atoms with Crippen molar-refractivity contribution >= 4 is 27.3 Å². The van der Waals surface area contributed by atoms with Gasteiger partial charge in [0.2, 0.25) is 10.0 Å². The Morgan fingerprint density at radius 3 is 2.72 bits per heavy atom. The predicted octanol–water partition coefficient (Wildman–Crippen LogP) is 1.86. The Bertz CT molecular complexity index is 490. The zero-order chi connectivity index (χ0) is 13.6. The third kappa shape index (κ3) is 4.72. The van der Waals surface area contributed by atoms with Crippen molar-refractivity contribution in [2.75, 3.05) is 24.2 Å². The molecule has 102 valence electrons. The molecule has 0 amide bonds. The van der Waals surface area contributed by atoms with Crippen LogP contribution in [0.15, 0.2) is 18.2 Å². The minimum Gasteiger partial charge on any atom is -0.497 e. The highest BCUT2D eigenvalue weighted by atomic mass is 35.5. The number of sulfonamides is 1. The molecule has 1 aromatic carbocycles. The summed E-state index contributed by atoms with van der Waals surface area (Å²) in [7, 11) is -1.97. The lowest BCUT2D eigenvalue weighted by molar-refractivity contribution is 0.287. The van der Waals surface area contributed by atoms with E-state index in [-0.39, 0.29) is 12.4 Å². The molecule has 7 heteroatoms. The summed E-state index contributed by atoms with van der Waals surface area (Å²) < 4.78 is 30.9. The van der Waals surface area contributed by atoms with E-state index in [2.05, 4.69) is 4.72 Å². The summed E-state index contributed by atoms with van der Waals surface area (Å²) in [4.78, 5) is 0. The Hall–Kier alpha value is -0.980. The minimum atomic E-state index is -3.46.